The van der Waals surface area contributed by atoms with Crippen molar-refractivity contribution in [3.05, 3.63) is 16.8 Å². The average molecular weight is 227 g/mol. The number of carbonyl (C=O) groups excluding carboxylic acids is 1. The van der Waals surface area contributed by atoms with E-state index >= 15 is 0 Å². The number of ether oxygens (including phenoxy) is 1. The summed E-state index contributed by atoms with van der Waals surface area (Å²) in [6.07, 6.45) is 0.396. The van der Waals surface area contributed by atoms with Crippen LogP contribution < -0.4 is 5.32 Å². The van der Waals surface area contributed by atoms with E-state index in [2.05, 4.69) is 5.32 Å². The molecular weight excluding hydrogens is 210 g/mol. The van der Waals surface area contributed by atoms with E-state index in [4.69, 9.17) is 4.74 Å². The normalized spacial score (nSPS) is 11.1. The molecule has 15 heavy (non-hydrogen) atoms. The van der Waals surface area contributed by atoms with Gasteiger partial charge in [-0.2, -0.15) is 11.3 Å². The van der Waals surface area contributed by atoms with Crippen LogP contribution in [0.2, 0.25) is 0 Å². The molecule has 0 aromatic carbocycles. The highest BCUT2D eigenvalue weighted by molar-refractivity contribution is 7.08. The van der Waals surface area contributed by atoms with E-state index in [1.54, 1.807) is 11.3 Å². The Labute approximate surface area is 94.5 Å². The van der Waals surface area contributed by atoms with Gasteiger partial charge in [-0.3, -0.25) is 4.79 Å². The smallest absolute Gasteiger partial charge is 0.308 e. The molecule has 4 heteroatoms. The highest BCUT2D eigenvalue weighted by Gasteiger charge is 2.15. The molecule has 1 heterocycles. The van der Waals surface area contributed by atoms with Crippen LogP contribution in [0.15, 0.2) is 16.8 Å². The predicted molar refractivity (Wildman–Crippen MR) is 63.3 cm³/mol. The van der Waals surface area contributed by atoms with Crippen molar-refractivity contribution in [3.63, 3.8) is 0 Å². The van der Waals surface area contributed by atoms with Crippen LogP contribution in [-0.2, 0) is 9.53 Å². The lowest BCUT2D eigenvalue weighted by atomic mass is 10.2. The molecule has 1 N–H and O–H groups in total. The molecule has 0 amide bonds. The minimum atomic E-state index is -0.389. The summed E-state index contributed by atoms with van der Waals surface area (Å²) in [6, 6.07) is 1.99. The first-order valence-corrected chi connectivity index (χ1v) is 5.89. The summed E-state index contributed by atoms with van der Waals surface area (Å²) in [6.45, 7) is 6.23. The number of rotatable bonds is 4. The Hall–Kier alpha value is -1.03. The van der Waals surface area contributed by atoms with Crippen LogP contribution >= 0.6 is 11.3 Å². The first-order valence-electron chi connectivity index (χ1n) is 4.95. The molecule has 0 saturated heterocycles. The third-order valence-electron chi connectivity index (χ3n) is 1.60. The zero-order valence-corrected chi connectivity index (χ0v) is 10.2. The first-order chi connectivity index (χ1) is 6.97. The Balaban J connectivity index is 2.18. The van der Waals surface area contributed by atoms with Gasteiger partial charge in [-0.05, 0) is 32.2 Å². The Bertz CT molecular complexity index is 301. The Kier molecular flexibility index (Phi) is 4.15. The van der Waals surface area contributed by atoms with Crippen molar-refractivity contribution in [2.45, 2.75) is 32.8 Å². The van der Waals surface area contributed by atoms with Crippen molar-refractivity contribution in [2.75, 3.05) is 11.9 Å². The second-order valence-corrected chi connectivity index (χ2v) is 5.06. The molecule has 0 saturated carbocycles. The fraction of sp³-hybridized carbons (Fsp3) is 0.545. The summed E-state index contributed by atoms with van der Waals surface area (Å²) in [4.78, 5) is 11.3. The molecule has 0 aliphatic rings. The molecule has 0 spiro atoms. The fourth-order valence-corrected chi connectivity index (χ4v) is 1.68. The van der Waals surface area contributed by atoms with Crippen molar-refractivity contribution in [1.82, 2.24) is 0 Å². The second kappa shape index (κ2) is 5.16. The number of hydrogen-bond donors (Lipinski definition) is 1. The standard InChI is InChI=1S/C11H17NO2S/c1-11(2,3)14-10(13)4-6-12-9-5-7-15-8-9/h5,7-8,12H,4,6H2,1-3H3. The molecule has 0 atom stereocenters. The number of hydrogen-bond acceptors (Lipinski definition) is 4. The van der Waals surface area contributed by atoms with Crippen molar-refractivity contribution >= 4 is 23.0 Å². The maximum absolute atomic E-state index is 11.3. The summed E-state index contributed by atoms with van der Waals surface area (Å²) >= 11 is 1.63. The minimum Gasteiger partial charge on any atom is -0.460 e. The zero-order valence-electron chi connectivity index (χ0n) is 9.37. The van der Waals surface area contributed by atoms with Crippen molar-refractivity contribution in [2.24, 2.45) is 0 Å². The van der Waals surface area contributed by atoms with Gasteiger partial charge in [0.15, 0.2) is 0 Å². The highest BCUT2D eigenvalue weighted by atomic mass is 32.1. The van der Waals surface area contributed by atoms with E-state index in [1.165, 1.54) is 0 Å². The van der Waals surface area contributed by atoms with Crippen LogP contribution in [0.3, 0.4) is 0 Å². The van der Waals surface area contributed by atoms with Gasteiger partial charge in [0, 0.05) is 17.6 Å². The van der Waals surface area contributed by atoms with Gasteiger partial charge in [0.1, 0.15) is 5.60 Å². The minimum absolute atomic E-state index is 0.162. The number of nitrogens with one attached hydrogen (secondary N) is 1. The molecule has 1 rings (SSSR count). The molecule has 84 valence electrons. The average Bonchev–Trinajstić information content (AvgIpc) is 2.53. The summed E-state index contributed by atoms with van der Waals surface area (Å²) in [5.41, 5.74) is 0.669. The lowest BCUT2D eigenvalue weighted by Crippen LogP contribution is -2.25. The number of thiophene rings is 1. The van der Waals surface area contributed by atoms with Crippen LogP contribution in [0, 0.1) is 0 Å². The van der Waals surface area contributed by atoms with E-state index in [1.807, 2.05) is 37.6 Å². The zero-order chi connectivity index (χ0) is 11.3. The van der Waals surface area contributed by atoms with E-state index in [0.29, 0.717) is 13.0 Å². The maximum atomic E-state index is 11.3. The van der Waals surface area contributed by atoms with E-state index in [0.717, 1.165) is 5.69 Å². The SMILES string of the molecule is CC(C)(C)OC(=O)CCNc1ccsc1. The van der Waals surface area contributed by atoms with Gasteiger partial charge in [-0.1, -0.05) is 0 Å². The third kappa shape index (κ3) is 5.42. The van der Waals surface area contributed by atoms with Crippen LogP contribution in [0.4, 0.5) is 5.69 Å². The molecule has 1 aromatic rings. The second-order valence-electron chi connectivity index (χ2n) is 4.28. The van der Waals surface area contributed by atoms with Crippen molar-refractivity contribution in [3.8, 4) is 0 Å². The summed E-state index contributed by atoms with van der Waals surface area (Å²) < 4.78 is 5.18. The molecule has 1 aromatic heterocycles. The summed E-state index contributed by atoms with van der Waals surface area (Å²) in [7, 11) is 0. The molecule has 0 unspecified atom stereocenters. The fourth-order valence-electron chi connectivity index (χ4n) is 1.07. The topological polar surface area (TPSA) is 38.3 Å². The van der Waals surface area contributed by atoms with Crippen LogP contribution in [-0.4, -0.2) is 18.1 Å². The number of carbonyl (C=O) groups is 1. The van der Waals surface area contributed by atoms with E-state index < -0.39 is 0 Å². The van der Waals surface area contributed by atoms with Crippen molar-refractivity contribution in [1.29, 1.82) is 0 Å². The van der Waals surface area contributed by atoms with Gasteiger partial charge in [-0.25, -0.2) is 0 Å². The van der Waals surface area contributed by atoms with Gasteiger partial charge in [0.05, 0.1) is 6.42 Å². The Morgan fingerprint density at radius 2 is 2.27 bits per heavy atom. The van der Waals surface area contributed by atoms with Gasteiger partial charge >= 0.3 is 5.97 Å². The Morgan fingerprint density at radius 3 is 2.80 bits per heavy atom. The molecule has 0 aliphatic carbocycles. The monoisotopic (exact) mass is 227 g/mol. The molecule has 0 radical (unpaired) electrons. The summed E-state index contributed by atoms with van der Waals surface area (Å²) in [5, 5.41) is 7.16. The van der Waals surface area contributed by atoms with Crippen LogP contribution in [0.1, 0.15) is 27.2 Å². The molecule has 0 bridgehead atoms. The number of esters is 1. The molecule has 0 fully saturated rings. The Morgan fingerprint density at radius 1 is 1.53 bits per heavy atom. The quantitative estimate of drug-likeness (QED) is 0.804. The van der Waals surface area contributed by atoms with Gasteiger partial charge in [0.25, 0.3) is 0 Å². The lowest BCUT2D eigenvalue weighted by molar-refractivity contribution is -0.154. The third-order valence-corrected chi connectivity index (χ3v) is 2.28. The van der Waals surface area contributed by atoms with Gasteiger partial charge in [-0.15, -0.1) is 0 Å². The predicted octanol–water partition coefficient (Wildman–Crippen LogP) is 2.89. The number of anilines is 1. The van der Waals surface area contributed by atoms with Crippen molar-refractivity contribution < 1.29 is 9.53 Å². The first kappa shape index (κ1) is 12.0. The maximum Gasteiger partial charge on any atom is 0.308 e. The van der Waals surface area contributed by atoms with Crippen LogP contribution in [0.5, 0.6) is 0 Å². The molecular formula is C11H17NO2S. The summed E-state index contributed by atoms with van der Waals surface area (Å²) in [5.74, 6) is -0.162. The molecule has 0 aliphatic heterocycles. The van der Waals surface area contributed by atoms with Gasteiger partial charge in [0.2, 0.25) is 0 Å². The van der Waals surface area contributed by atoms with Gasteiger partial charge < -0.3 is 10.1 Å². The largest absolute Gasteiger partial charge is 0.460 e. The lowest BCUT2D eigenvalue weighted by Gasteiger charge is -2.19. The van der Waals surface area contributed by atoms with Crippen LogP contribution in [0.25, 0.3) is 0 Å². The molecule has 3 nitrogen and oxygen atoms in total. The van der Waals surface area contributed by atoms with E-state index in [-0.39, 0.29) is 11.6 Å². The highest BCUT2D eigenvalue weighted by Crippen LogP contribution is 2.12. The van der Waals surface area contributed by atoms with E-state index in [9.17, 15) is 4.79 Å².